The van der Waals surface area contributed by atoms with Crippen molar-refractivity contribution in [3.63, 3.8) is 0 Å². The van der Waals surface area contributed by atoms with Crippen molar-refractivity contribution in [3.8, 4) is 5.75 Å². The van der Waals surface area contributed by atoms with Crippen LogP contribution in [-0.2, 0) is 36.8 Å². The Kier molecular flexibility index (Phi) is 12.5. The molecule has 1 aromatic heterocycles. The van der Waals surface area contributed by atoms with Crippen LogP contribution in [-0.4, -0.2) is 80.5 Å². The number of nitrogens with two attached hydrogens (primary N) is 3. The van der Waals surface area contributed by atoms with Crippen molar-refractivity contribution < 1.29 is 34.2 Å². The second kappa shape index (κ2) is 15.8. The zero-order valence-corrected chi connectivity index (χ0v) is 21.8. The number of primary amides is 1. The Morgan fingerprint density at radius 2 is 1.52 bits per heavy atom. The molecule has 4 unspecified atom stereocenters. The Balaban J connectivity index is 2.15. The van der Waals surface area contributed by atoms with E-state index in [1.54, 1.807) is 12.1 Å². The maximum absolute atomic E-state index is 13.2. The number of carboxylic acids is 1. The van der Waals surface area contributed by atoms with Crippen molar-refractivity contribution in [2.24, 2.45) is 17.2 Å². The van der Waals surface area contributed by atoms with Gasteiger partial charge in [0.25, 0.3) is 0 Å². The first-order valence-corrected chi connectivity index (χ1v) is 12.6. The second-order valence-corrected chi connectivity index (χ2v) is 9.23. The average molecular weight is 561 g/mol. The van der Waals surface area contributed by atoms with E-state index in [0.29, 0.717) is 30.6 Å². The van der Waals surface area contributed by atoms with Crippen LogP contribution in [0.15, 0.2) is 36.8 Å². The topological polar surface area (TPSA) is 269 Å². The molecule has 15 heteroatoms. The normalized spacial score (nSPS) is 13.8. The number of rotatable bonds is 17. The molecule has 0 aliphatic carbocycles. The van der Waals surface area contributed by atoms with Crippen LogP contribution in [0.2, 0.25) is 0 Å². The summed E-state index contributed by atoms with van der Waals surface area (Å²) in [6.07, 6.45) is 3.34. The second-order valence-electron chi connectivity index (χ2n) is 9.23. The van der Waals surface area contributed by atoms with E-state index in [0.717, 1.165) is 0 Å². The number of aliphatic carboxylic acids is 1. The van der Waals surface area contributed by atoms with Gasteiger partial charge in [0.05, 0.1) is 18.8 Å². The van der Waals surface area contributed by atoms with Crippen LogP contribution < -0.4 is 33.2 Å². The number of phenols is 1. The van der Waals surface area contributed by atoms with E-state index in [9.17, 15) is 34.2 Å². The molecular weight excluding hydrogens is 524 g/mol. The highest BCUT2D eigenvalue weighted by molar-refractivity contribution is 5.96. The van der Waals surface area contributed by atoms with E-state index in [1.807, 2.05) is 0 Å². The standard InChI is InChI=1S/C25H36N8O7/c26-8-2-1-3-18(25(39)40)31-23(37)19(10-15-12-29-13-30-15)33-24(38)20(11-21(28)35)32-22(36)17(27)9-14-4-6-16(34)7-5-14/h4-7,12-13,17-20,34H,1-3,8-11,26-27H2,(H2,28,35)(H,29,30)(H,31,37)(H,32,36)(H,33,38)(H,39,40). The van der Waals surface area contributed by atoms with Crippen LogP contribution in [0.3, 0.4) is 0 Å². The first kappa shape index (κ1) is 31.7. The Morgan fingerprint density at radius 1 is 0.900 bits per heavy atom. The molecule has 0 radical (unpaired) electrons. The summed E-state index contributed by atoms with van der Waals surface area (Å²) in [5.41, 5.74) is 17.8. The highest BCUT2D eigenvalue weighted by Gasteiger charge is 2.31. The fourth-order valence-electron chi connectivity index (χ4n) is 3.79. The van der Waals surface area contributed by atoms with E-state index < -0.39 is 60.2 Å². The largest absolute Gasteiger partial charge is 0.508 e. The number of aromatic amines is 1. The summed E-state index contributed by atoms with van der Waals surface area (Å²) in [5, 5.41) is 26.2. The number of hydrogen-bond acceptors (Lipinski definition) is 9. The van der Waals surface area contributed by atoms with Crippen LogP contribution in [0.25, 0.3) is 0 Å². The van der Waals surface area contributed by atoms with Gasteiger partial charge in [0.2, 0.25) is 23.6 Å². The third-order valence-electron chi connectivity index (χ3n) is 5.94. The summed E-state index contributed by atoms with van der Waals surface area (Å²) in [6.45, 7) is 0.365. The van der Waals surface area contributed by atoms with Crippen molar-refractivity contribution in [2.75, 3.05) is 6.54 Å². The first-order valence-electron chi connectivity index (χ1n) is 12.6. The Labute approximate surface area is 230 Å². The molecule has 15 nitrogen and oxygen atoms in total. The van der Waals surface area contributed by atoms with Crippen molar-refractivity contribution in [1.29, 1.82) is 0 Å². The molecule has 4 atom stereocenters. The molecular formula is C25H36N8O7. The van der Waals surface area contributed by atoms with E-state index in [-0.39, 0.29) is 25.0 Å². The van der Waals surface area contributed by atoms with Crippen LogP contribution in [0.4, 0.5) is 0 Å². The molecule has 0 fully saturated rings. The molecule has 0 saturated heterocycles. The van der Waals surface area contributed by atoms with Gasteiger partial charge in [0.15, 0.2) is 0 Å². The number of benzene rings is 1. The van der Waals surface area contributed by atoms with Gasteiger partial charge in [-0.05, 0) is 49.9 Å². The van der Waals surface area contributed by atoms with Crippen LogP contribution in [0.5, 0.6) is 5.75 Å². The summed E-state index contributed by atoms with van der Waals surface area (Å²) in [7, 11) is 0. The minimum atomic E-state index is -1.47. The molecule has 218 valence electrons. The third-order valence-corrected chi connectivity index (χ3v) is 5.94. The quantitative estimate of drug-likeness (QED) is 0.0939. The summed E-state index contributed by atoms with van der Waals surface area (Å²) in [4.78, 5) is 69.0. The Bertz CT molecular complexity index is 1140. The van der Waals surface area contributed by atoms with Crippen LogP contribution in [0, 0.1) is 0 Å². The number of phenolic OH excluding ortho intramolecular Hbond substituents is 1. The fraction of sp³-hybridized carbons (Fsp3) is 0.440. The smallest absolute Gasteiger partial charge is 0.326 e. The molecule has 1 heterocycles. The summed E-state index contributed by atoms with van der Waals surface area (Å²) in [6, 6.07) is 0.934. The lowest BCUT2D eigenvalue weighted by Gasteiger charge is -2.24. The SMILES string of the molecule is NCCCCC(NC(=O)C(Cc1cnc[nH]1)NC(=O)C(CC(N)=O)NC(=O)C(N)Cc1ccc(O)cc1)C(=O)O. The van der Waals surface area contributed by atoms with Gasteiger partial charge < -0.3 is 48.3 Å². The molecule has 0 saturated carbocycles. The van der Waals surface area contributed by atoms with E-state index in [1.165, 1.54) is 24.7 Å². The summed E-state index contributed by atoms with van der Waals surface area (Å²) < 4.78 is 0. The molecule has 40 heavy (non-hydrogen) atoms. The van der Waals surface area contributed by atoms with E-state index in [4.69, 9.17) is 17.2 Å². The summed E-state index contributed by atoms with van der Waals surface area (Å²) in [5.74, 6) is -4.56. The van der Waals surface area contributed by atoms with Crippen molar-refractivity contribution >= 4 is 29.6 Å². The maximum Gasteiger partial charge on any atom is 0.326 e. The lowest BCUT2D eigenvalue weighted by Crippen LogP contribution is -2.58. The zero-order valence-electron chi connectivity index (χ0n) is 21.8. The van der Waals surface area contributed by atoms with E-state index >= 15 is 0 Å². The monoisotopic (exact) mass is 560 g/mol. The predicted octanol–water partition coefficient (Wildman–Crippen LogP) is -2.23. The van der Waals surface area contributed by atoms with Gasteiger partial charge >= 0.3 is 5.97 Å². The number of aromatic nitrogens is 2. The van der Waals surface area contributed by atoms with Crippen LogP contribution in [0.1, 0.15) is 36.9 Å². The highest BCUT2D eigenvalue weighted by Crippen LogP contribution is 2.11. The number of unbranched alkanes of at least 4 members (excludes halogenated alkanes) is 1. The van der Waals surface area contributed by atoms with Gasteiger partial charge in [-0.15, -0.1) is 0 Å². The number of nitrogens with zero attached hydrogens (tertiary/aromatic N) is 1. The maximum atomic E-state index is 13.2. The number of H-pyrrole nitrogens is 1. The molecule has 1 aromatic carbocycles. The first-order chi connectivity index (χ1) is 19.0. The predicted molar refractivity (Wildman–Crippen MR) is 142 cm³/mol. The molecule has 12 N–H and O–H groups in total. The number of aromatic hydroxyl groups is 1. The number of carbonyl (C=O) groups is 5. The lowest BCUT2D eigenvalue weighted by atomic mass is 10.0. The van der Waals surface area contributed by atoms with Gasteiger partial charge in [-0.1, -0.05) is 12.1 Å². The van der Waals surface area contributed by atoms with Crippen molar-refractivity contribution in [3.05, 3.63) is 48.0 Å². The fourth-order valence-corrected chi connectivity index (χ4v) is 3.79. The van der Waals surface area contributed by atoms with E-state index in [2.05, 4.69) is 25.9 Å². The molecule has 0 aliphatic heterocycles. The number of carbonyl (C=O) groups excluding carboxylic acids is 4. The Morgan fingerprint density at radius 3 is 2.10 bits per heavy atom. The van der Waals surface area contributed by atoms with Gasteiger partial charge in [-0.25, -0.2) is 9.78 Å². The third kappa shape index (κ3) is 10.7. The Hall–Kier alpha value is -4.50. The van der Waals surface area contributed by atoms with Gasteiger partial charge in [-0.3, -0.25) is 19.2 Å². The molecule has 4 amide bonds. The van der Waals surface area contributed by atoms with Crippen molar-refractivity contribution in [1.82, 2.24) is 25.9 Å². The molecule has 0 bridgehead atoms. The minimum Gasteiger partial charge on any atom is -0.508 e. The van der Waals surface area contributed by atoms with Crippen LogP contribution >= 0.6 is 0 Å². The molecule has 0 aliphatic rings. The van der Waals surface area contributed by atoms with Crippen molar-refractivity contribution in [2.45, 2.75) is 62.7 Å². The molecule has 2 rings (SSSR count). The number of hydrogen-bond donors (Lipinski definition) is 9. The number of amides is 4. The van der Waals surface area contributed by atoms with Gasteiger partial charge in [0, 0.05) is 18.3 Å². The lowest BCUT2D eigenvalue weighted by molar-refractivity contribution is -0.142. The number of carboxylic acid groups (broad SMARTS) is 1. The summed E-state index contributed by atoms with van der Waals surface area (Å²) >= 11 is 0. The molecule has 2 aromatic rings. The number of imidazole rings is 1. The van der Waals surface area contributed by atoms with Gasteiger partial charge in [0.1, 0.15) is 23.9 Å². The minimum absolute atomic E-state index is 0.0407. The highest BCUT2D eigenvalue weighted by atomic mass is 16.4. The molecule has 0 spiro atoms. The average Bonchev–Trinajstić information content (AvgIpc) is 3.41. The number of nitrogens with one attached hydrogen (secondary N) is 4. The van der Waals surface area contributed by atoms with Gasteiger partial charge in [-0.2, -0.15) is 0 Å². The zero-order chi connectivity index (χ0) is 29.7.